The van der Waals surface area contributed by atoms with Gasteiger partial charge in [0.15, 0.2) is 5.65 Å². The molecule has 2 aromatic carbocycles. The average molecular weight is 490 g/mol. The Morgan fingerprint density at radius 2 is 1.75 bits per heavy atom. The van der Waals surface area contributed by atoms with Crippen molar-refractivity contribution in [2.24, 2.45) is 0 Å². The molecule has 12 heteroatoms. The molecule has 32 heavy (non-hydrogen) atoms. The van der Waals surface area contributed by atoms with E-state index in [1.54, 1.807) is 23.0 Å². The van der Waals surface area contributed by atoms with E-state index in [0.29, 0.717) is 23.1 Å². The maximum absolute atomic E-state index is 13.7. The van der Waals surface area contributed by atoms with Gasteiger partial charge in [-0.3, -0.25) is 4.31 Å². The number of nitrogens with zero attached hydrogens (tertiary/aromatic N) is 5. The molecule has 4 aromatic rings. The van der Waals surface area contributed by atoms with Gasteiger partial charge in [-0.05, 0) is 36.2 Å². The zero-order chi connectivity index (χ0) is 22.6. The Morgan fingerprint density at radius 3 is 2.50 bits per heavy atom. The van der Waals surface area contributed by atoms with Crippen molar-refractivity contribution in [1.29, 1.82) is 0 Å². The third-order valence-corrected chi connectivity index (χ3v) is 7.56. The van der Waals surface area contributed by atoms with E-state index >= 15 is 0 Å². The summed E-state index contributed by atoms with van der Waals surface area (Å²) in [6.07, 6.45) is 2.10. The fraction of sp³-hybridized carbons (Fsp3) is 0.150. The molecular weight excluding hydrogens is 473 g/mol. The van der Waals surface area contributed by atoms with E-state index in [-0.39, 0.29) is 39.3 Å². The lowest BCUT2D eigenvalue weighted by molar-refractivity contribution is 0.456. The number of rotatable bonds is 3. The molecule has 4 N–H and O–H groups in total. The molecule has 0 fully saturated rings. The van der Waals surface area contributed by atoms with Gasteiger partial charge in [-0.2, -0.15) is 15.1 Å². The number of nitrogen functional groups attached to an aromatic ring is 2. The van der Waals surface area contributed by atoms with E-state index < -0.39 is 10.0 Å². The van der Waals surface area contributed by atoms with Crippen molar-refractivity contribution >= 4 is 61.7 Å². The van der Waals surface area contributed by atoms with Gasteiger partial charge in [0.05, 0.1) is 34.8 Å². The summed E-state index contributed by atoms with van der Waals surface area (Å²) < 4.78 is 30.3. The lowest BCUT2D eigenvalue weighted by atomic mass is 10.00. The number of hydrogen-bond acceptors (Lipinski definition) is 7. The van der Waals surface area contributed by atoms with Crippen LogP contribution in [-0.4, -0.2) is 34.7 Å². The van der Waals surface area contributed by atoms with Gasteiger partial charge in [0, 0.05) is 10.0 Å². The molecule has 1 atom stereocenters. The monoisotopic (exact) mass is 489 g/mol. The maximum Gasteiger partial charge on any atom is 0.264 e. The average Bonchev–Trinajstić information content (AvgIpc) is 3.16. The quantitative estimate of drug-likeness (QED) is 0.450. The van der Waals surface area contributed by atoms with E-state index in [2.05, 4.69) is 15.1 Å². The minimum Gasteiger partial charge on any atom is -0.383 e. The standard InChI is InChI=1S/C20H17Cl2N7O2S/c21-12-6-13(22)8-15(7-12)32(30,31)28-10-14(5-11-3-1-2-4-17(11)28)29-19-16(9-25-29)18(23)26-20(24)27-19/h1-4,6-9,14H,5,10H2,(H4,23,24,26,27). The number of aromatic nitrogens is 4. The molecule has 0 amide bonds. The molecule has 164 valence electrons. The Hall–Kier alpha value is -3.08. The Kier molecular flexibility index (Phi) is 4.88. The second-order valence-electron chi connectivity index (χ2n) is 7.42. The Bertz CT molecular complexity index is 1450. The van der Waals surface area contributed by atoms with Gasteiger partial charge in [0.2, 0.25) is 5.95 Å². The summed E-state index contributed by atoms with van der Waals surface area (Å²) in [5.74, 6) is 0.235. The van der Waals surface area contributed by atoms with Crippen LogP contribution in [0.2, 0.25) is 10.0 Å². The van der Waals surface area contributed by atoms with Gasteiger partial charge in [-0.1, -0.05) is 41.4 Å². The van der Waals surface area contributed by atoms with Crippen LogP contribution in [-0.2, 0) is 16.4 Å². The summed E-state index contributed by atoms with van der Waals surface area (Å²) in [4.78, 5) is 8.25. The highest BCUT2D eigenvalue weighted by Gasteiger charge is 2.35. The molecule has 0 aliphatic carbocycles. The highest BCUT2D eigenvalue weighted by atomic mass is 35.5. The fourth-order valence-electron chi connectivity index (χ4n) is 3.96. The molecule has 1 aliphatic rings. The van der Waals surface area contributed by atoms with Crippen LogP contribution in [0.15, 0.2) is 53.6 Å². The van der Waals surface area contributed by atoms with Crippen LogP contribution in [0.3, 0.4) is 0 Å². The van der Waals surface area contributed by atoms with Gasteiger partial charge < -0.3 is 11.5 Å². The van der Waals surface area contributed by atoms with Crippen molar-refractivity contribution in [2.45, 2.75) is 17.4 Å². The summed E-state index contributed by atoms with van der Waals surface area (Å²) in [5, 5.41) is 5.45. The number of nitrogens with two attached hydrogens (primary N) is 2. The van der Waals surface area contributed by atoms with Crippen LogP contribution < -0.4 is 15.8 Å². The molecule has 1 aliphatic heterocycles. The van der Waals surface area contributed by atoms with E-state index in [1.807, 2.05) is 12.1 Å². The zero-order valence-electron chi connectivity index (χ0n) is 16.5. The van der Waals surface area contributed by atoms with Gasteiger partial charge in [-0.15, -0.1) is 0 Å². The number of benzene rings is 2. The normalized spacial score (nSPS) is 16.3. The molecule has 0 saturated carbocycles. The van der Waals surface area contributed by atoms with Crippen LogP contribution in [0.4, 0.5) is 17.5 Å². The Balaban J connectivity index is 1.65. The zero-order valence-corrected chi connectivity index (χ0v) is 18.8. The Morgan fingerprint density at radius 1 is 1.03 bits per heavy atom. The van der Waals surface area contributed by atoms with Crippen LogP contribution in [0, 0.1) is 0 Å². The van der Waals surface area contributed by atoms with Crippen LogP contribution in [0.25, 0.3) is 11.0 Å². The maximum atomic E-state index is 13.7. The molecule has 1 unspecified atom stereocenters. The van der Waals surface area contributed by atoms with Crippen molar-refractivity contribution < 1.29 is 8.42 Å². The van der Waals surface area contributed by atoms with Crippen molar-refractivity contribution in [2.75, 3.05) is 22.3 Å². The minimum absolute atomic E-state index is 0.00610. The minimum atomic E-state index is -3.97. The number of sulfonamides is 1. The van der Waals surface area contributed by atoms with Gasteiger partial charge >= 0.3 is 0 Å². The van der Waals surface area contributed by atoms with E-state index in [9.17, 15) is 8.42 Å². The van der Waals surface area contributed by atoms with E-state index in [4.69, 9.17) is 34.7 Å². The van der Waals surface area contributed by atoms with Crippen molar-refractivity contribution in [3.8, 4) is 0 Å². The molecule has 5 rings (SSSR count). The topological polar surface area (TPSA) is 133 Å². The highest BCUT2D eigenvalue weighted by molar-refractivity contribution is 7.92. The number of halogens is 2. The van der Waals surface area contributed by atoms with Crippen molar-refractivity contribution in [1.82, 2.24) is 19.7 Å². The number of hydrogen-bond donors (Lipinski definition) is 2. The molecule has 0 spiro atoms. The van der Waals surface area contributed by atoms with Gasteiger partial charge in [0.25, 0.3) is 10.0 Å². The van der Waals surface area contributed by atoms with E-state index in [0.717, 1.165) is 5.56 Å². The molecule has 3 heterocycles. The highest BCUT2D eigenvalue weighted by Crippen LogP contribution is 2.37. The fourth-order valence-corrected chi connectivity index (χ4v) is 6.23. The van der Waals surface area contributed by atoms with Crippen LogP contribution in [0.5, 0.6) is 0 Å². The lowest BCUT2D eigenvalue weighted by Gasteiger charge is -2.35. The summed E-state index contributed by atoms with van der Waals surface area (Å²) in [6, 6.07) is 11.2. The Labute approximate surface area is 193 Å². The molecular formula is C20H17Cl2N7O2S. The third-order valence-electron chi connectivity index (χ3n) is 5.36. The second-order valence-corrected chi connectivity index (χ2v) is 10.2. The van der Waals surface area contributed by atoms with E-state index in [1.165, 1.54) is 22.5 Å². The largest absolute Gasteiger partial charge is 0.383 e. The molecule has 9 nitrogen and oxygen atoms in total. The molecule has 0 bridgehead atoms. The molecule has 0 radical (unpaired) electrons. The van der Waals surface area contributed by atoms with Crippen LogP contribution in [0.1, 0.15) is 11.6 Å². The third kappa shape index (κ3) is 3.40. The number of anilines is 3. The first kappa shape index (κ1) is 20.8. The van der Waals surface area contributed by atoms with Gasteiger partial charge in [-0.25, -0.2) is 13.1 Å². The summed E-state index contributed by atoms with van der Waals surface area (Å²) >= 11 is 12.2. The summed E-state index contributed by atoms with van der Waals surface area (Å²) in [5.41, 5.74) is 13.6. The van der Waals surface area contributed by atoms with Crippen molar-refractivity contribution in [3.63, 3.8) is 0 Å². The predicted octanol–water partition coefficient (Wildman–Crippen LogP) is 3.29. The smallest absolute Gasteiger partial charge is 0.264 e. The molecule has 2 aromatic heterocycles. The number of para-hydroxylation sites is 1. The predicted molar refractivity (Wildman–Crippen MR) is 124 cm³/mol. The first-order chi connectivity index (χ1) is 15.2. The van der Waals surface area contributed by atoms with Gasteiger partial charge in [0.1, 0.15) is 5.82 Å². The SMILES string of the molecule is Nc1nc(N)c2cnn(C3Cc4ccccc4N(S(=O)(=O)c4cc(Cl)cc(Cl)c4)C3)c2n1. The van der Waals surface area contributed by atoms with Crippen LogP contribution >= 0.6 is 23.2 Å². The second kappa shape index (κ2) is 7.51. The summed E-state index contributed by atoms with van der Waals surface area (Å²) in [6.45, 7) is 0.115. The van der Waals surface area contributed by atoms with Crippen molar-refractivity contribution in [3.05, 3.63) is 64.3 Å². The first-order valence-corrected chi connectivity index (χ1v) is 11.8. The summed E-state index contributed by atoms with van der Waals surface area (Å²) in [7, 11) is -3.97. The first-order valence-electron chi connectivity index (χ1n) is 9.57. The molecule has 0 saturated heterocycles. The lowest BCUT2D eigenvalue weighted by Crippen LogP contribution is -2.41. The number of fused-ring (bicyclic) bond motifs is 2.